The molecule has 0 radical (unpaired) electrons. The van der Waals surface area contributed by atoms with Crippen molar-refractivity contribution in [2.45, 2.75) is 16.8 Å². The molecule has 3 rings (SSSR count). The number of anilines is 3. The van der Waals surface area contributed by atoms with Crippen LogP contribution in [-0.4, -0.2) is 15.0 Å². The number of rotatable bonds is 4. The van der Waals surface area contributed by atoms with E-state index in [9.17, 15) is 0 Å². The lowest BCUT2D eigenvalue weighted by molar-refractivity contribution is 1.05. The maximum absolute atomic E-state index is 6.18. The van der Waals surface area contributed by atoms with E-state index in [1.807, 2.05) is 55.5 Å². The van der Waals surface area contributed by atoms with E-state index in [0.717, 1.165) is 15.6 Å². The molecule has 0 unspecified atom stereocenters. The van der Waals surface area contributed by atoms with E-state index in [1.54, 1.807) is 0 Å². The van der Waals surface area contributed by atoms with Gasteiger partial charge in [0, 0.05) is 10.6 Å². The molecule has 1 aromatic carbocycles. The molecule has 5 nitrogen and oxygen atoms in total. The van der Waals surface area contributed by atoms with Crippen molar-refractivity contribution in [2.75, 3.05) is 11.1 Å². The van der Waals surface area contributed by atoms with E-state index in [2.05, 4.69) is 20.3 Å². The Kier molecular flexibility index (Phi) is 4.20. The highest BCUT2D eigenvalue weighted by Crippen LogP contribution is 2.33. The molecule has 0 atom stereocenters. The summed E-state index contributed by atoms with van der Waals surface area (Å²) in [4.78, 5) is 13.9. The average molecular weight is 309 g/mol. The van der Waals surface area contributed by atoms with Crippen LogP contribution < -0.4 is 11.1 Å². The number of pyridine rings is 1. The Morgan fingerprint density at radius 1 is 1.00 bits per heavy atom. The number of nitrogens with one attached hydrogen (secondary N) is 1. The average Bonchev–Trinajstić information content (AvgIpc) is 2.52. The number of hydrogen-bond donors (Lipinski definition) is 2. The first kappa shape index (κ1) is 14.3. The van der Waals surface area contributed by atoms with Crippen LogP contribution in [0.3, 0.4) is 0 Å². The highest BCUT2D eigenvalue weighted by atomic mass is 32.2. The van der Waals surface area contributed by atoms with Crippen molar-refractivity contribution in [3.63, 3.8) is 0 Å². The van der Waals surface area contributed by atoms with Gasteiger partial charge in [-0.2, -0.15) is 0 Å². The Morgan fingerprint density at radius 3 is 2.59 bits per heavy atom. The minimum Gasteiger partial charge on any atom is -0.394 e. The van der Waals surface area contributed by atoms with Gasteiger partial charge in [0.1, 0.15) is 22.9 Å². The summed E-state index contributed by atoms with van der Waals surface area (Å²) in [6.07, 6.45) is 1.50. The first-order valence-electron chi connectivity index (χ1n) is 6.76. The Labute approximate surface area is 133 Å². The third kappa shape index (κ3) is 3.35. The molecule has 0 saturated carbocycles. The Balaban J connectivity index is 1.86. The predicted octanol–water partition coefficient (Wildman–Crippen LogP) is 3.66. The van der Waals surface area contributed by atoms with Crippen molar-refractivity contribution in [2.24, 2.45) is 0 Å². The van der Waals surface area contributed by atoms with Gasteiger partial charge in [-0.15, -0.1) is 0 Å². The van der Waals surface area contributed by atoms with E-state index in [4.69, 9.17) is 5.73 Å². The molecule has 3 N–H and O–H groups in total. The third-order valence-electron chi connectivity index (χ3n) is 2.94. The van der Waals surface area contributed by atoms with Gasteiger partial charge in [0.15, 0.2) is 5.82 Å². The number of benzene rings is 1. The van der Waals surface area contributed by atoms with Gasteiger partial charge < -0.3 is 11.1 Å². The molecular weight excluding hydrogens is 294 g/mol. The van der Waals surface area contributed by atoms with Crippen LogP contribution in [0, 0.1) is 6.92 Å². The Hall–Kier alpha value is -2.60. The van der Waals surface area contributed by atoms with Crippen LogP contribution >= 0.6 is 11.8 Å². The molecule has 22 heavy (non-hydrogen) atoms. The van der Waals surface area contributed by atoms with Crippen LogP contribution in [0.1, 0.15) is 5.69 Å². The number of nitrogen functional groups attached to an aromatic ring is 1. The van der Waals surface area contributed by atoms with Gasteiger partial charge in [-0.25, -0.2) is 15.0 Å². The van der Waals surface area contributed by atoms with Crippen LogP contribution in [0.15, 0.2) is 64.8 Å². The van der Waals surface area contributed by atoms with Crippen molar-refractivity contribution < 1.29 is 0 Å². The van der Waals surface area contributed by atoms with Crippen molar-refractivity contribution >= 4 is 29.1 Å². The fraction of sp³-hybridized carbons (Fsp3) is 0.0625. The zero-order valence-corrected chi connectivity index (χ0v) is 12.8. The van der Waals surface area contributed by atoms with E-state index >= 15 is 0 Å². The monoisotopic (exact) mass is 309 g/mol. The topological polar surface area (TPSA) is 76.7 Å². The molecule has 0 bridgehead atoms. The summed E-state index contributed by atoms with van der Waals surface area (Å²) in [5.74, 6) is 1.27. The van der Waals surface area contributed by atoms with Gasteiger partial charge >= 0.3 is 0 Å². The molecule has 0 fully saturated rings. The molecule has 110 valence electrons. The van der Waals surface area contributed by atoms with E-state index in [1.165, 1.54) is 18.1 Å². The first-order valence-corrected chi connectivity index (χ1v) is 7.58. The molecular formula is C16H15N5S. The van der Waals surface area contributed by atoms with Crippen LogP contribution in [0.5, 0.6) is 0 Å². The fourth-order valence-electron chi connectivity index (χ4n) is 1.89. The maximum atomic E-state index is 6.18. The van der Waals surface area contributed by atoms with Crippen molar-refractivity contribution in [1.29, 1.82) is 0 Å². The quantitative estimate of drug-likeness (QED) is 0.716. The second-order valence-corrected chi connectivity index (χ2v) is 5.71. The van der Waals surface area contributed by atoms with Crippen molar-refractivity contribution in [3.05, 3.63) is 60.6 Å². The lowest BCUT2D eigenvalue weighted by Gasteiger charge is -2.10. The van der Waals surface area contributed by atoms with Gasteiger partial charge in [-0.05, 0) is 31.2 Å². The molecule has 0 aliphatic rings. The van der Waals surface area contributed by atoms with E-state index < -0.39 is 0 Å². The molecule has 0 aliphatic heterocycles. The van der Waals surface area contributed by atoms with Gasteiger partial charge in [0.25, 0.3) is 0 Å². The van der Waals surface area contributed by atoms with Crippen LogP contribution in [-0.2, 0) is 0 Å². The lowest BCUT2D eigenvalue weighted by atomic mass is 10.3. The van der Waals surface area contributed by atoms with Gasteiger partial charge in [-0.3, -0.25) is 0 Å². The summed E-state index contributed by atoms with van der Waals surface area (Å²) in [5, 5.41) is 3.86. The third-order valence-corrected chi connectivity index (χ3v) is 3.97. The number of nitrogens with zero attached hydrogens (tertiary/aromatic N) is 3. The largest absolute Gasteiger partial charge is 0.394 e. The zero-order valence-electron chi connectivity index (χ0n) is 12.0. The first-order chi connectivity index (χ1) is 10.7. The molecule has 0 spiro atoms. The highest BCUT2D eigenvalue weighted by Gasteiger charge is 2.10. The number of hydrogen-bond acceptors (Lipinski definition) is 6. The lowest BCUT2D eigenvalue weighted by Crippen LogP contribution is -2.03. The van der Waals surface area contributed by atoms with Gasteiger partial charge in [0.2, 0.25) is 0 Å². The van der Waals surface area contributed by atoms with Crippen molar-refractivity contribution in [3.8, 4) is 0 Å². The standard InChI is InChI=1S/C16H15N5S/c1-11-6-5-9-13(20-11)21-15-14(17)16(19-10-18-15)22-12-7-3-2-4-8-12/h2-10H,17H2,1H3,(H,18,19,20,21). The second-order valence-electron chi connectivity index (χ2n) is 4.65. The predicted molar refractivity (Wildman–Crippen MR) is 89.3 cm³/mol. The molecule has 2 aromatic heterocycles. The molecule has 0 saturated heterocycles. The SMILES string of the molecule is Cc1cccc(Nc2ncnc(Sc3ccccc3)c2N)n1. The molecule has 3 aromatic rings. The minimum atomic E-state index is 0.514. The summed E-state index contributed by atoms with van der Waals surface area (Å²) in [7, 11) is 0. The number of aryl methyl sites for hydroxylation is 1. The summed E-state index contributed by atoms with van der Waals surface area (Å²) in [6.45, 7) is 1.94. The second kappa shape index (κ2) is 6.44. The van der Waals surface area contributed by atoms with Gasteiger partial charge in [0.05, 0.1) is 0 Å². The van der Waals surface area contributed by atoms with Crippen molar-refractivity contribution in [1.82, 2.24) is 15.0 Å². The molecule has 0 amide bonds. The van der Waals surface area contributed by atoms with Crippen LogP contribution in [0.2, 0.25) is 0 Å². The highest BCUT2D eigenvalue weighted by molar-refractivity contribution is 7.99. The normalized spacial score (nSPS) is 10.4. The number of aromatic nitrogens is 3. The Morgan fingerprint density at radius 2 is 1.82 bits per heavy atom. The van der Waals surface area contributed by atoms with Crippen LogP contribution in [0.25, 0.3) is 0 Å². The minimum absolute atomic E-state index is 0.514. The summed E-state index contributed by atoms with van der Waals surface area (Å²) in [6, 6.07) is 15.7. The fourth-order valence-corrected chi connectivity index (χ4v) is 2.72. The van der Waals surface area contributed by atoms with E-state index in [0.29, 0.717) is 17.3 Å². The summed E-state index contributed by atoms with van der Waals surface area (Å²) >= 11 is 1.51. The molecule has 0 aliphatic carbocycles. The summed E-state index contributed by atoms with van der Waals surface area (Å²) in [5.41, 5.74) is 7.62. The zero-order chi connectivity index (χ0) is 15.4. The number of nitrogens with two attached hydrogens (primary N) is 1. The maximum Gasteiger partial charge on any atom is 0.159 e. The molecule has 2 heterocycles. The molecule has 6 heteroatoms. The Bertz CT molecular complexity index is 776. The van der Waals surface area contributed by atoms with Crippen LogP contribution in [0.4, 0.5) is 17.3 Å². The van der Waals surface area contributed by atoms with Gasteiger partial charge in [-0.1, -0.05) is 36.0 Å². The summed E-state index contributed by atoms with van der Waals surface area (Å²) < 4.78 is 0. The van der Waals surface area contributed by atoms with E-state index in [-0.39, 0.29) is 0 Å². The smallest absolute Gasteiger partial charge is 0.159 e.